The third kappa shape index (κ3) is 10.4. The van der Waals surface area contributed by atoms with Crippen LogP contribution in [-0.2, 0) is 15.9 Å². The molecular weight excluding hydrogens is 521 g/mol. The van der Waals surface area contributed by atoms with E-state index in [1.807, 2.05) is 45.0 Å². The Balaban J connectivity index is 0.00000512. The number of nitrogens with one attached hydrogen (secondary N) is 3. The first-order chi connectivity index (χ1) is 14.7. The van der Waals surface area contributed by atoms with E-state index in [4.69, 9.17) is 9.47 Å². The van der Waals surface area contributed by atoms with Crippen molar-refractivity contribution >= 4 is 41.7 Å². The van der Waals surface area contributed by atoms with Crippen molar-refractivity contribution in [1.29, 1.82) is 0 Å². The summed E-state index contributed by atoms with van der Waals surface area (Å²) in [7, 11) is 1.79. The zero-order valence-corrected chi connectivity index (χ0v) is 22.6. The zero-order chi connectivity index (χ0) is 22.9. The van der Waals surface area contributed by atoms with Gasteiger partial charge in [-0.05, 0) is 58.7 Å². The second-order valence-corrected chi connectivity index (χ2v) is 8.96. The van der Waals surface area contributed by atoms with Crippen LogP contribution < -0.4 is 16.0 Å². The number of amides is 1. The van der Waals surface area contributed by atoms with Gasteiger partial charge in [0.15, 0.2) is 5.96 Å². The minimum atomic E-state index is -0.513. The molecule has 32 heavy (non-hydrogen) atoms. The average molecular weight is 562 g/mol. The van der Waals surface area contributed by atoms with Crippen molar-refractivity contribution in [3.63, 3.8) is 0 Å². The molecule has 3 N–H and O–H groups in total. The average Bonchev–Trinajstić information content (AvgIpc) is 2.70. The van der Waals surface area contributed by atoms with E-state index in [1.165, 1.54) is 5.56 Å². The van der Waals surface area contributed by atoms with Gasteiger partial charge in [-0.2, -0.15) is 0 Å². The summed E-state index contributed by atoms with van der Waals surface area (Å²) in [6, 6.07) is 8.63. The molecule has 2 rings (SSSR count). The summed E-state index contributed by atoms with van der Waals surface area (Å²) in [6.07, 6.45) is 0.404. The lowest BCUT2D eigenvalue weighted by atomic mass is 10.1. The molecule has 1 fully saturated rings. The van der Waals surface area contributed by atoms with Crippen molar-refractivity contribution in [2.45, 2.75) is 58.7 Å². The predicted molar refractivity (Wildman–Crippen MR) is 141 cm³/mol. The number of ether oxygens (including phenoxy) is 2. The molecule has 182 valence electrons. The summed E-state index contributed by atoms with van der Waals surface area (Å²) >= 11 is 0. The van der Waals surface area contributed by atoms with E-state index in [9.17, 15) is 4.79 Å². The Morgan fingerprint density at radius 3 is 2.56 bits per heavy atom. The smallest absolute Gasteiger partial charge is 0.412 e. The number of hydrogen-bond donors (Lipinski definition) is 3. The van der Waals surface area contributed by atoms with Crippen LogP contribution in [0.3, 0.4) is 0 Å². The number of nitrogens with zero attached hydrogens (tertiary/aromatic N) is 2. The van der Waals surface area contributed by atoms with Crippen LogP contribution >= 0.6 is 24.0 Å². The molecule has 1 aromatic rings. The first-order valence-corrected chi connectivity index (χ1v) is 11.0. The molecule has 0 aliphatic carbocycles. The van der Waals surface area contributed by atoms with Gasteiger partial charge in [0, 0.05) is 44.5 Å². The fourth-order valence-electron chi connectivity index (χ4n) is 3.48. The molecule has 0 radical (unpaired) electrons. The lowest BCUT2D eigenvalue weighted by Gasteiger charge is -2.38. The van der Waals surface area contributed by atoms with E-state index < -0.39 is 11.7 Å². The molecule has 1 saturated heterocycles. The lowest BCUT2D eigenvalue weighted by molar-refractivity contribution is -0.0174. The number of benzene rings is 1. The highest BCUT2D eigenvalue weighted by Crippen LogP contribution is 2.13. The van der Waals surface area contributed by atoms with Gasteiger partial charge in [-0.1, -0.05) is 12.1 Å². The SMILES string of the molecule is CN=C(NCCc1ccc(NC(=O)OC(C)(C)C)cc1)NCC(C)N1CCOCC1C.I. The van der Waals surface area contributed by atoms with Crippen molar-refractivity contribution in [2.24, 2.45) is 4.99 Å². The summed E-state index contributed by atoms with van der Waals surface area (Å²) in [6.45, 7) is 14.1. The molecule has 0 aromatic heterocycles. The Hall–Kier alpha value is -1.59. The summed E-state index contributed by atoms with van der Waals surface area (Å²) in [5.74, 6) is 0.802. The standard InChI is InChI=1S/C23H39N5O3.HI/c1-17(28-13-14-30-16-18(28)2)15-26-21(24-6)25-12-11-19-7-9-20(10-8-19)27-22(29)31-23(3,4)5;/h7-10,17-18H,11-16H2,1-6H3,(H,27,29)(H2,24,25,26);1H. The van der Waals surface area contributed by atoms with Crippen LogP contribution in [0.5, 0.6) is 0 Å². The van der Waals surface area contributed by atoms with Crippen LogP contribution in [0.1, 0.15) is 40.2 Å². The van der Waals surface area contributed by atoms with Crippen molar-refractivity contribution < 1.29 is 14.3 Å². The van der Waals surface area contributed by atoms with Crippen LogP contribution in [-0.4, -0.2) is 74.5 Å². The van der Waals surface area contributed by atoms with Crippen molar-refractivity contribution in [3.05, 3.63) is 29.8 Å². The Morgan fingerprint density at radius 1 is 1.28 bits per heavy atom. The molecule has 2 atom stereocenters. The summed E-state index contributed by atoms with van der Waals surface area (Å²) in [5.41, 5.74) is 1.38. The van der Waals surface area contributed by atoms with Gasteiger partial charge in [0.2, 0.25) is 0 Å². The topological polar surface area (TPSA) is 87.2 Å². The van der Waals surface area contributed by atoms with Crippen LogP contribution in [0.4, 0.5) is 10.5 Å². The van der Waals surface area contributed by atoms with Crippen LogP contribution in [0.2, 0.25) is 0 Å². The number of halogens is 1. The molecule has 1 heterocycles. The molecule has 1 amide bonds. The maximum absolute atomic E-state index is 11.8. The van der Waals surface area contributed by atoms with E-state index in [0.717, 1.165) is 50.9 Å². The highest BCUT2D eigenvalue weighted by Gasteiger charge is 2.23. The summed E-state index contributed by atoms with van der Waals surface area (Å²) in [5, 5.41) is 9.53. The van der Waals surface area contributed by atoms with Gasteiger partial charge in [-0.15, -0.1) is 24.0 Å². The fourth-order valence-corrected chi connectivity index (χ4v) is 3.48. The Bertz CT molecular complexity index is 721. The Kier molecular flexibility index (Phi) is 12.3. The quantitative estimate of drug-likeness (QED) is 0.269. The van der Waals surface area contributed by atoms with Gasteiger partial charge < -0.3 is 20.1 Å². The van der Waals surface area contributed by atoms with Gasteiger partial charge in [0.1, 0.15) is 5.60 Å². The molecule has 9 heteroatoms. The largest absolute Gasteiger partial charge is 0.444 e. The molecule has 1 aliphatic rings. The number of morpholine rings is 1. The first-order valence-electron chi connectivity index (χ1n) is 11.0. The van der Waals surface area contributed by atoms with Crippen LogP contribution in [0.15, 0.2) is 29.3 Å². The second kappa shape index (κ2) is 13.8. The minimum Gasteiger partial charge on any atom is -0.444 e. The third-order valence-electron chi connectivity index (χ3n) is 5.08. The van der Waals surface area contributed by atoms with Gasteiger partial charge >= 0.3 is 6.09 Å². The van der Waals surface area contributed by atoms with Crippen LogP contribution in [0.25, 0.3) is 0 Å². The van der Waals surface area contributed by atoms with E-state index in [2.05, 4.69) is 39.7 Å². The van der Waals surface area contributed by atoms with E-state index in [0.29, 0.717) is 12.1 Å². The van der Waals surface area contributed by atoms with Gasteiger partial charge in [-0.3, -0.25) is 15.2 Å². The summed E-state index contributed by atoms with van der Waals surface area (Å²) < 4.78 is 10.8. The number of anilines is 1. The molecule has 2 unspecified atom stereocenters. The first kappa shape index (κ1) is 28.4. The fraction of sp³-hybridized carbons (Fsp3) is 0.652. The van der Waals surface area contributed by atoms with Gasteiger partial charge in [0.05, 0.1) is 13.2 Å². The second-order valence-electron chi connectivity index (χ2n) is 8.96. The highest BCUT2D eigenvalue weighted by atomic mass is 127. The monoisotopic (exact) mass is 561 g/mol. The molecule has 0 spiro atoms. The molecule has 0 saturated carbocycles. The van der Waals surface area contributed by atoms with E-state index >= 15 is 0 Å². The maximum atomic E-state index is 11.8. The maximum Gasteiger partial charge on any atom is 0.412 e. The predicted octanol–water partition coefficient (Wildman–Crippen LogP) is 3.47. The lowest BCUT2D eigenvalue weighted by Crippen LogP contribution is -2.53. The minimum absolute atomic E-state index is 0. The Labute approximate surface area is 209 Å². The zero-order valence-electron chi connectivity index (χ0n) is 20.2. The highest BCUT2D eigenvalue weighted by molar-refractivity contribution is 14.0. The number of guanidine groups is 1. The molecule has 8 nitrogen and oxygen atoms in total. The van der Waals surface area contributed by atoms with Crippen molar-refractivity contribution in [3.8, 4) is 0 Å². The van der Waals surface area contributed by atoms with Gasteiger partial charge in [-0.25, -0.2) is 4.79 Å². The normalized spacial score (nSPS) is 18.3. The van der Waals surface area contributed by atoms with E-state index in [1.54, 1.807) is 7.05 Å². The number of aliphatic imine (C=N–C) groups is 1. The molecule has 1 aromatic carbocycles. The molecular formula is C23H40IN5O3. The number of hydrogen-bond acceptors (Lipinski definition) is 5. The van der Waals surface area contributed by atoms with Crippen molar-refractivity contribution in [2.75, 3.05) is 45.2 Å². The summed E-state index contributed by atoms with van der Waals surface area (Å²) in [4.78, 5) is 18.6. The van der Waals surface area contributed by atoms with Crippen LogP contribution in [0, 0.1) is 0 Å². The molecule has 1 aliphatic heterocycles. The van der Waals surface area contributed by atoms with E-state index in [-0.39, 0.29) is 24.0 Å². The Morgan fingerprint density at radius 2 is 1.97 bits per heavy atom. The number of rotatable bonds is 7. The van der Waals surface area contributed by atoms with Gasteiger partial charge in [0.25, 0.3) is 0 Å². The third-order valence-corrected chi connectivity index (χ3v) is 5.08. The number of carbonyl (C=O) groups excluding carboxylic acids is 1. The van der Waals surface area contributed by atoms with Crippen molar-refractivity contribution in [1.82, 2.24) is 15.5 Å². The number of carbonyl (C=O) groups is 1. The molecule has 0 bridgehead atoms.